The molecule has 9 heteroatoms. The van der Waals surface area contributed by atoms with E-state index in [0.29, 0.717) is 16.1 Å². The van der Waals surface area contributed by atoms with Crippen molar-refractivity contribution in [2.45, 2.75) is 51.3 Å². The first-order chi connectivity index (χ1) is 18.8. The van der Waals surface area contributed by atoms with Crippen LogP contribution >= 0.6 is 15.9 Å². The van der Waals surface area contributed by atoms with Gasteiger partial charge in [-0.2, -0.15) is 4.31 Å². The number of rotatable bonds is 6. The fraction of sp³-hybridized carbons (Fsp3) is 0.355. The van der Waals surface area contributed by atoms with Gasteiger partial charge in [-0.1, -0.05) is 67.0 Å². The number of nitrogens with zero attached hydrogens (tertiary/aromatic N) is 2. The molecule has 2 amide bonds. The number of anilines is 1. The molecule has 1 fully saturated rings. The predicted octanol–water partition coefficient (Wildman–Crippen LogP) is 5.69. The fourth-order valence-corrected chi connectivity index (χ4v) is 7.05. The van der Waals surface area contributed by atoms with E-state index in [1.165, 1.54) is 4.31 Å². The summed E-state index contributed by atoms with van der Waals surface area (Å²) in [6, 6.07) is 18.3. The van der Waals surface area contributed by atoms with Crippen LogP contribution in [0.4, 0.5) is 5.69 Å². The van der Waals surface area contributed by atoms with Gasteiger partial charge in [0.2, 0.25) is 15.9 Å². The monoisotopic (exact) mass is 625 g/mol. The molecule has 3 aromatic carbocycles. The molecule has 0 unspecified atom stereocenters. The van der Waals surface area contributed by atoms with Gasteiger partial charge in [-0.3, -0.25) is 9.59 Å². The highest BCUT2D eigenvalue weighted by Crippen LogP contribution is 2.31. The fourth-order valence-electron chi connectivity index (χ4n) is 4.96. The number of carbonyl (C=O) groups is 2. The van der Waals surface area contributed by atoms with Crippen LogP contribution in [-0.2, 0) is 26.7 Å². The summed E-state index contributed by atoms with van der Waals surface area (Å²) in [5.74, 6) is -0.366. The summed E-state index contributed by atoms with van der Waals surface area (Å²) < 4.78 is 29.6. The maximum atomic E-state index is 13.6. The van der Waals surface area contributed by atoms with Crippen LogP contribution in [0.25, 0.3) is 0 Å². The van der Waals surface area contributed by atoms with Gasteiger partial charge in [0, 0.05) is 41.9 Å². The van der Waals surface area contributed by atoms with Gasteiger partial charge in [0.25, 0.3) is 5.91 Å². The smallest absolute Gasteiger partial charge is 0.254 e. The molecule has 4 rings (SSSR count). The van der Waals surface area contributed by atoms with E-state index in [4.69, 9.17) is 0 Å². The third-order valence-electron chi connectivity index (χ3n) is 7.12. The first-order valence-electron chi connectivity index (χ1n) is 13.3. The zero-order chi connectivity index (χ0) is 29.2. The van der Waals surface area contributed by atoms with Gasteiger partial charge in [0.15, 0.2) is 0 Å². The number of carbonyl (C=O) groups excluding carboxylic acids is 2. The van der Waals surface area contributed by atoms with Gasteiger partial charge >= 0.3 is 0 Å². The van der Waals surface area contributed by atoms with Crippen LogP contribution in [0.1, 0.15) is 53.4 Å². The highest BCUT2D eigenvalue weighted by atomic mass is 79.9. The summed E-state index contributed by atoms with van der Waals surface area (Å²) in [7, 11) is -3.70. The average Bonchev–Trinajstić information content (AvgIpc) is 2.88. The van der Waals surface area contributed by atoms with E-state index >= 15 is 0 Å². The van der Waals surface area contributed by atoms with Crippen molar-refractivity contribution in [2.75, 3.05) is 31.5 Å². The number of hydrogen-bond acceptors (Lipinski definition) is 4. The molecule has 0 aromatic heterocycles. The van der Waals surface area contributed by atoms with E-state index in [2.05, 4.69) is 42.0 Å². The van der Waals surface area contributed by atoms with E-state index in [0.717, 1.165) is 26.7 Å². The Morgan fingerprint density at radius 3 is 2.08 bits per heavy atom. The molecule has 0 radical (unpaired) electrons. The second-order valence-corrected chi connectivity index (χ2v) is 14.1. The number of piperazine rings is 1. The van der Waals surface area contributed by atoms with Crippen molar-refractivity contribution >= 4 is 43.5 Å². The zero-order valence-corrected chi connectivity index (χ0v) is 26.0. The van der Waals surface area contributed by atoms with Gasteiger partial charge in [-0.15, -0.1) is 0 Å². The molecule has 1 saturated heterocycles. The third-order valence-corrected chi connectivity index (χ3v) is 9.85. The summed E-state index contributed by atoms with van der Waals surface area (Å²) in [5.41, 5.74) is 4.37. The maximum Gasteiger partial charge on any atom is 0.254 e. The molecule has 0 bridgehead atoms. The molecule has 1 N–H and O–H groups in total. The molecule has 40 heavy (non-hydrogen) atoms. The molecule has 3 aromatic rings. The lowest BCUT2D eigenvalue weighted by molar-refractivity contribution is -0.115. The number of benzene rings is 3. The maximum absolute atomic E-state index is 13.6. The predicted molar refractivity (Wildman–Crippen MR) is 162 cm³/mol. The Bertz CT molecular complexity index is 1500. The van der Waals surface area contributed by atoms with Crippen LogP contribution in [0.15, 0.2) is 70.0 Å². The minimum atomic E-state index is -3.70. The standard InChI is InChI=1S/C31H36BrN3O4S/c1-21-17-25(31(3,4)5)18-22(2)29(21)40(38,39)35-15-13-34(14-16-35)30(37)24-7-6-8-27(20-24)33-28(36)19-23-9-11-26(32)12-10-23/h6-12,17-18,20H,13-16,19H2,1-5H3,(H,33,36). The molecule has 1 aliphatic rings. The van der Waals surface area contributed by atoms with Gasteiger partial charge in [-0.25, -0.2) is 8.42 Å². The van der Waals surface area contributed by atoms with Crippen molar-refractivity contribution in [1.82, 2.24) is 9.21 Å². The van der Waals surface area contributed by atoms with Crippen LogP contribution in [0.2, 0.25) is 0 Å². The number of hydrogen-bond donors (Lipinski definition) is 1. The van der Waals surface area contributed by atoms with Crippen LogP contribution in [0.3, 0.4) is 0 Å². The molecule has 7 nitrogen and oxygen atoms in total. The first-order valence-corrected chi connectivity index (χ1v) is 15.5. The summed E-state index contributed by atoms with van der Waals surface area (Å²) in [5, 5.41) is 2.86. The average molecular weight is 627 g/mol. The van der Waals surface area contributed by atoms with E-state index < -0.39 is 10.0 Å². The third kappa shape index (κ3) is 6.82. The summed E-state index contributed by atoms with van der Waals surface area (Å²) >= 11 is 3.39. The Balaban J connectivity index is 1.40. The quantitative estimate of drug-likeness (QED) is 0.381. The van der Waals surface area contributed by atoms with E-state index in [9.17, 15) is 18.0 Å². The largest absolute Gasteiger partial charge is 0.336 e. The molecule has 1 aliphatic heterocycles. The van der Waals surface area contributed by atoms with Crippen molar-refractivity contribution < 1.29 is 18.0 Å². The Morgan fingerprint density at radius 2 is 1.50 bits per heavy atom. The zero-order valence-electron chi connectivity index (χ0n) is 23.6. The lowest BCUT2D eigenvalue weighted by Crippen LogP contribution is -2.50. The van der Waals surface area contributed by atoms with Crippen molar-refractivity contribution in [2.24, 2.45) is 0 Å². The molecule has 0 saturated carbocycles. The highest BCUT2D eigenvalue weighted by molar-refractivity contribution is 9.10. The summed E-state index contributed by atoms with van der Waals surface area (Å²) in [6.07, 6.45) is 0.222. The van der Waals surface area contributed by atoms with Crippen molar-refractivity contribution in [3.05, 3.63) is 93.0 Å². The van der Waals surface area contributed by atoms with Gasteiger partial charge in [0.05, 0.1) is 11.3 Å². The minimum absolute atomic E-state index is 0.0799. The van der Waals surface area contributed by atoms with Gasteiger partial charge in [0.1, 0.15) is 0 Å². The Hall–Kier alpha value is -3.01. The SMILES string of the molecule is Cc1cc(C(C)(C)C)cc(C)c1S(=O)(=O)N1CCN(C(=O)c2cccc(NC(=O)Cc3ccc(Br)cc3)c2)CC1. The Labute approximate surface area is 245 Å². The van der Waals surface area contributed by atoms with Crippen LogP contribution in [-0.4, -0.2) is 55.6 Å². The van der Waals surface area contributed by atoms with Crippen molar-refractivity contribution in [3.8, 4) is 0 Å². The number of amides is 2. The number of aryl methyl sites for hydroxylation is 2. The lowest BCUT2D eigenvalue weighted by Gasteiger charge is -2.35. The Kier molecular flexibility index (Phi) is 8.87. The number of sulfonamides is 1. The number of nitrogens with one attached hydrogen (secondary N) is 1. The van der Waals surface area contributed by atoms with E-state index in [-0.39, 0.29) is 49.8 Å². The first kappa shape index (κ1) is 30.0. The Morgan fingerprint density at radius 1 is 0.900 bits per heavy atom. The molecular weight excluding hydrogens is 590 g/mol. The van der Waals surface area contributed by atoms with E-state index in [1.807, 2.05) is 50.2 Å². The highest BCUT2D eigenvalue weighted by Gasteiger charge is 2.33. The summed E-state index contributed by atoms with van der Waals surface area (Å²) in [4.78, 5) is 27.8. The minimum Gasteiger partial charge on any atom is -0.336 e. The van der Waals surface area contributed by atoms with Crippen LogP contribution in [0.5, 0.6) is 0 Å². The second-order valence-electron chi connectivity index (χ2n) is 11.3. The second kappa shape index (κ2) is 11.8. The number of halogens is 1. The summed E-state index contributed by atoms with van der Waals surface area (Å²) in [6.45, 7) is 11.0. The van der Waals surface area contributed by atoms with Gasteiger partial charge in [-0.05, 0) is 71.8 Å². The molecule has 0 aliphatic carbocycles. The van der Waals surface area contributed by atoms with Crippen molar-refractivity contribution in [1.29, 1.82) is 0 Å². The van der Waals surface area contributed by atoms with Crippen LogP contribution in [0, 0.1) is 13.8 Å². The van der Waals surface area contributed by atoms with Crippen molar-refractivity contribution in [3.63, 3.8) is 0 Å². The molecule has 1 heterocycles. The lowest BCUT2D eigenvalue weighted by atomic mass is 9.85. The molecular formula is C31H36BrN3O4S. The molecule has 212 valence electrons. The topological polar surface area (TPSA) is 86.8 Å². The van der Waals surface area contributed by atoms with Gasteiger partial charge < -0.3 is 10.2 Å². The van der Waals surface area contributed by atoms with E-state index in [1.54, 1.807) is 29.2 Å². The normalized spacial score (nSPS) is 14.7. The molecule has 0 spiro atoms. The van der Waals surface area contributed by atoms with Crippen LogP contribution < -0.4 is 5.32 Å². The molecule has 0 atom stereocenters.